The second kappa shape index (κ2) is 9.75. The molecule has 0 spiro atoms. The van der Waals surface area contributed by atoms with E-state index >= 15 is 0 Å². The molecule has 0 unspecified atom stereocenters. The molecular formula is C14H24N4O4. The van der Waals surface area contributed by atoms with E-state index in [0.717, 1.165) is 32.1 Å². The number of likely N-dealkylation sites (N-methyl/N-ethyl adjacent to an activating group) is 1. The minimum Gasteiger partial charge on any atom is -0.358 e. The zero-order valence-electron chi connectivity index (χ0n) is 12.9. The Hall–Kier alpha value is -2.12. The topological polar surface area (TPSA) is 116 Å². The largest absolute Gasteiger partial charge is 0.358 e. The van der Waals surface area contributed by atoms with Gasteiger partial charge < -0.3 is 21.3 Å². The van der Waals surface area contributed by atoms with Gasteiger partial charge in [0.15, 0.2) is 0 Å². The lowest BCUT2D eigenvalue weighted by molar-refractivity contribution is -0.130. The van der Waals surface area contributed by atoms with Crippen molar-refractivity contribution in [2.24, 2.45) is 5.92 Å². The lowest BCUT2D eigenvalue weighted by Gasteiger charge is -2.20. The molecule has 1 fully saturated rings. The summed E-state index contributed by atoms with van der Waals surface area (Å²) in [5.74, 6) is -1.31. The molecule has 0 heterocycles. The van der Waals surface area contributed by atoms with Crippen molar-refractivity contribution in [2.75, 3.05) is 26.7 Å². The van der Waals surface area contributed by atoms with Crippen LogP contribution in [0.4, 0.5) is 0 Å². The van der Waals surface area contributed by atoms with E-state index in [2.05, 4.69) is 21.3 Å². The van der Waals surface area contributed by atoms with Crippen LogP contribution in [0.5, 0.6) is 0 Å². The van der Waals surface area contributed by atoms with Crippen molar-refractivity contribution in [3.63, 3.8) is 0 Å². The van der Waals surface area contributed by atoms with E-state index in [9.17, 15) is 19.2 Å². The van der Waals surface area contributed by atoms with Crippen molar-refractivity contribution in [1.29, 1.82) is 0 Å². The SMILES string of the molecule is CNC(=O)CNC(=O)CNC(=O)CNC(=O)C1CCCCC1. The first-order valence-corrected chi connectivity index (χ1v) is 7.54. The Morgan fingerprint density at radius 3 is 1.82 bits per heavy atom. The maximum atomic E-state index is 11.8. The van der Waals surface area contributed by atoms with Crippen molar-refractivity contribution < 1.29 is 19.2 Å². The van der Waals surface area contributed by atoms with Gasteiger partial charge in [-0.05, 0) is 12.8 Å². The Morgan fingerprint density at radius 2 is 1.27 bits per heavy atom. The molecule has 4 N–H and O–H groups in total. The van der Waals surface area contributed by atoms with Crippen LogP contribution in [-0.2, 0) is 19.2 Å². The van der Waals surface area contributed by atoms with Crippen LogP contribution in [0.2, 0.25) is 0 Å². The van der Waals surface area contributed by atoms with Crippen molar-refractivity contribution in [3.05, 3.63) is 0 Å². The van der Waals surface area contributed by atoms with Crippen molar-refractivity contribution in [3.8, 4) is 0 Å². The molecule has 0 radical (unpaired) electrons. The average molecular weight is 312 g/mol. The quantitative estimate of drug-likeness (QED) is 0.465. The van der Waals surface area contributed by atoms with Crippen LogP contribution >= 0.6 is 0 Å². The summed E-state index contributed by atoms with van der Waals surface area (Å²) in [5, 5.41) is 9.69. The molecule has 0 saturated heterocycles. The fourth-order valence-corrected chi connectivity index (χ4v) is 2.25. The van der Waals surface area contributed by atoms with Gasteiger partial charge in [0.25, 0.3) is 0 Å². The van der Waals surface area contributed by atoms with Crippen LogP contribution in [0.3, 0.4) is 0 Å². The van der Waals surface area contributed by atoms with Gasteiger partial charge >= 0.3 is 0 Å². The summed E-state index contributed by atoms with van der Waals surface area (Å²) in [7, 11) is 1.46. The molecule has 8 heteroatoms. The van der Waals surface area contributed by atoms with Crippen molar-refractivity contribution in [2.45, 2.75) is 32.1 Å². The smallest absolute Gasteiger partial charge is 0.239 e. The summed E-state index contributed by atoms with van der Waals surface area (Å²) < 4.78 is 0. The molecule has 0 bridgehead atoms. The number of carbonyl (C=O) groups excluding carboxylic acids is 4. The van der Waals surface area contributed by atoms with Gasteiger partial charge in [0.2, 0.25) is 23.6 Å². The first kappa shape index (κ1) is 17.9. The molecular weight excluding hydrogens is 288 g/mol. The zero-order chi connectivity index (χ0) is 16.4. The van der Waals surface area contributed by atoms with Crippen LogP contribution in [0.25, 0.3) is 0 Å². The third kappa shape index (κ3) is 7.05. The molecule has 124 valence electrons. The van der Waals surface area contributed by atoms with E-state index in [0.29, 0.717) is 0 Å². The minimum absolute atomic E-state index is 0.00240. The van der Waals surface area contributed by atoms with Crippen molar-refractivity contribution >= 4 is 23.6 Å². The van der Waals surface area contributed by atoms with Gasteiger partial charge in [-0.15, -0.1) is 0 Å². The van der Waals surface area contributed by atoms with Crippen LogP contribution in [-0.4, -0.2) is 50.3 Å². The number of rotatable bonds is 7. The number of carbonyl (C=O) groups is 4. The number of amides is 4. The Kier molecular flexibility index (Phi) is 7.95. The van der Waals surface area contributed by atoms with Gasteiger partial charge in [-0.1, -0.05) is 19.3 Å². The molecule has 8 nitrogen and oxygen atoms in total. The molecule has 0 aliphatic heterocycles. The molecule has 4 amide bonds. The van der Waals surface area contributed by atoms with Crippen LogP contribution in [0, 0.1) is 5.92 Å². The third-order valence-corrected chi connectivity index (χ3v) is 3.57. The normalized spacial score (nSPS) is 14.8. The first-order chi connectivity index (χ1) is 10.5. The Morgan fingerprint density at radius 1 is 0.773 bits per heavy atom. The summed E-state index contributed by atoms with van der Waals surface area (Å²) >= 11 is 0. The Bertz CT molecular complexity index is 419. The standard InChI is InChI=1S/C14H24N4O4/c1-15-11(19)7-16-12(20)8-17-13(21)9-18-14(22)10-5-3-2-4-6-10/h10H,2-9H2,1H3,(H,15,19)(H,16,20)(H,17,21)(H,18,22). The first-order valence-electron chi connectivity index (χ1n) is 7.54. The highest BCUT2D eigenvalue weighted by molar-refractivity contribution is 5.90. The van der Waals surface area contributed by atoms with Crippen LogP contribution < -0.4 is 21.3 Å². The molecule has 0 aromatic rings. The van der Waals surface area contributed by atoms with E-state index in [1.54, 1.807) is 0 Å². The van der Waals surface area contributed by atoms with Crippen molar-refractivity contribution in [1.82, 2.24) is 21.3 Å². The molecule has 0 aromatic heterocycles. The molecule has 0 aromatic carbocycles. The Balaban J connectivity index is 2.13. The second-order valence-electron chi connectivity index (χ2n) is 5.28. The van der Waals surface area contributed by atoms with E-state index in [4.69, 9.17) is 0 Å². The highest BCUT2D eigenvalue weighted by Crippen LogP contribution is 2.23. The van der Waals surface area contributed by atoms with Gasteiger partial charge in [-0.3, -0.25) is 19.2 Å². The number of hydrogen-bond donors (Lipinski definition) is 4. The Labute approximate surface area is 129 Å². The molecule has 1 aliphatic carbocycles. The summed E-state index contributed by atoms with van der Waals surface area (Å²) in [6, 6.07) is 0. The summed E-state index contributed by atoms with van der Waals surface area (Å²) in [6.45, 7) is -0.503. The second-order valence-corrected chi connectivity index (χ2v) is 5.28. The van der Waals surface area contributed by atoms with Gasteiger partial charge in [0.05, 0.1) is 19.6 Å². The molecule has 0 atom stereocenters. The highest BCUT2D eigenvalue weighted by Gasteiger charge is 2.21. The number of nitrogens with one attached hydrogen (secondary N) is 4. The third-order valence-electron chi connectivity index (χ3n) is 3.57. The minimum atomic E-state index is -0.462. The monoisotopic (exact) mass is 312 g/mol. The summed E-state index contributed by atoms with van der Waals surface area (Å²) in [6.07, 6.45) is 5.01. The molecule has 22 heavy (non-hydrogen) atoms. The van der Waals surface area contributed by atoms with Crippen LogP contribution in [0.15, 0.2) is 0 Å². The average Bonchev–Trinajstić information content (AvgIpc) is 2.56. The lowest BCUT2D eigenvalue weighted by Crippen LogP contribution is -2.44. The fourth-order valence-electron chi connectivity index (χ4n) is 2.25. The highest BCUT2D eigenvalue weighted by atomic mass is 16.2. The van der Waals surface area contributed by atoms with Gasteiger partial charge in [-0.2, -0.15) is 0 Å². The van der Waals surface area contributed by atoms with E-state index < -0.39 is 11.8 Å². The van der Waals surface area contributed by atoms with Crippen LogP contribution in [0.1, 0.15) is 32.1 Å². The maximum absolute atomic E-state index is 11.8. The summed E-state index contributed by atoms with van der Waals surface area (Å²) in [4.78, 5) is 45.7. The maximum Gasteiger partial charge on any atom is 0.239 e. The predicted octanol–water partition coefficient (Wildman–Crippen LogP) is -1.34. The lowest BCUT2D eigenvalue weighted by atomic mass is 9.89. The molecule has 1 saturated carbocycles. The number of hydrogen-bond acceptors (Lipinski definition) is 4. The predicted molar refractivity (Wildman–Crippen MR) is 79.7 cm³/mol. The molecule has 1 aliphatic rings. The van der Waals surface area contributed by atoms with Gasteiger partial charge in [0.1, 0.15) is 0 Å². The summed E-state index contributed by atoms with van der Waals surface area (Å²) in [5.41, 5.74) is 0. The van der Waals surface area contributed by atoms with Gasteiger partial charge in [-0.25, -0.2) is 0 Å². The van der Waals surface area contributed by atoms with E-state index in [1.807, 2.05) is 0 Å². The van der Waals surface area contributed by atoms with E-state index in [1.165, 1.54) is 7.05 Å². The zero-order valence-corrected chi connectivity index (χ0v) is 12.9. The van der Waals surface area contributed by atoms with E-state index in [-0.39, 0.29) is 37.4 Å². The fraction of sp³-hybridized carbons (Fsp3) is 0.714. The van der Waals surface area contributed by atoms with Gasteiger partial charge in [0, 0.05) is 13.0 Å². The molecule has 1 rings (SSSR count).